The van der Waals surface area contributed by atoms with Gasteiger partial charge in [-0.3, -0.25) is 0 Å². The van der Waals surface area contributed by atoms with Crippen LogP contribution in [0.3, 0.4) is 0 Å². The molecule has 43 heavy (non-hydrogen) atoms. The molecule has 0 bridgehead atoms. The van der Waals surface area contributed by atoms with Crippen LogP contribution in [0.1, 0.15) is 126 Å². The number of alkyl halides is 3. The van der Waals surface area contributed by atoms with Gasteiger partial charge in [0, 0.05) is 5.56 Å². The summed E-state index contributed by atoms with van der Waals surface area (Å²) in [5.41, 5.74) is -1.19. The fraction of sp³-hybridized carbons (Fsp3) is 0.686. The van der Waals surface area contributed by atoms with E-state index in [4.69, 9.17) is 4.74 Å². The van der Waals surface area contributed by atoms with Crippen molar-refractivity contribution < 1.29 is 31.1 Å². The van der Waals surface area contributed by atoms with Crippen LogP contribution in [0.15, 0.2) is 18.2 Å². The molecule has 2 unspecified atom stereocenters. The lowest BCUT2D eigenvalue weighted by molar-refractivity contribution is -0.160. The molecule has 0 amide bonds. The molecular weight excluding hydrogens is 564 g/mol. The highest BCUT2D eigenvalue weighted by atomic mass is 19.3. The highest BCUT2D eigenvalue weighted by molar-refractivity contribution is 5.62. The Bertz CT molecular complexity index is 1170. The first-order valence-corrected chi connectivity index (χ1v) is 16.5. The van der Waals surface area contributed by atoms with E-state index >= 15 is 17.6 Å². The Balaban J connectivity index is 1.31. The number of fused-ring (bicyclic) bond motifs is 1. The molecule has 0 spiro atoms. The summed E-state index contributed by atoms with van der Waals surface area (Å²) in [6.45, 7) is 1.56. The lowest BCUT2D eigenvalue weighted by atomic mass is 9.86. The van der Waals surface area contributed by atoms with Crippen molar-refractivity contribution in [1.82, 2.24) is 4.98 Å². The van der Waals surface area contributed by atoms with Crippen LogP contribution >= 0.6 is 0 Å². The maximum absolute atomic E-state index is 15.3. The average Bonchev–Trinajstić information content (AvgIpc) is 3.80. The highest BCUT2D eigenvalue weighted by Crippen LogP contribution is 2.44. The molecule has 0 N–H and O–H groups in total. The Morgan fingerprint density at radius 3 is 2.30 bits per heavy atom. The number of aryl methyl sites for hydroxylation is 2. The monoisotopic (exact) mass is 611 g/mol. The van der Waals surface area contributed by atoms with E-state index < -0.39 is 48.0 Å². The van der Waals surface area contributed by atoms with Crippen molar-refractivity contribution in [3.05, 3.63) is 52.5 Å². The SMILES string of the molecule is CCCCCCC(F)COC1CCc2cc(-c3ccc(CCCCCCCCCC4CC4)c(F)c3F)nc(F)c2C1(F)F. The van der Waals surface area contributed by atoms with Gasteiger partial charge in [0.25, 0.3) is 0 Å². The summed E-state index contributed by atoms with van der Waals surface area (Å²) in [4.78, 5) is 3.62. The molecule has 0 saturated heterocycles. The standard InChI is InChI=1S/C35H47F6NO/c1-2-3-4-12-15-27(36)23-43-30-21-19-26-22-29(42-34(39)31(26)35(30,40)41)28-20-18-25(32(37)33(28)38)14-11-9-7-5-6-8-10-13-24-16-17-24/h18,20,22,24,27,30H,2-17,19,21,23H2,1H3. The quantitative estimate of drug-likeness (QED) is 0.0896. The molecule has 2 nitrogen and oxygen atoms in total. The number of halogens is 6. The van der Waals surface area contributed by atoms with Crippen molar-refractivity contribution >= 4 is 0 Å². The van der Waals surface area contributed by atoms with E-state index in [-0.39, 0.29) is 41.6 Å². The summed E-state index contributed by atoms with van der Waals surface area (Å²) < 4.78 is 95.1. The van der Waals surface area contributed by atoms with Crippen LogP contribution < -0.4 is 0 Å². The van der Waals surface area contributed by atoms with E-state index in [1.54, 1.807) is 0 Å². The third-order valence-electron chi connectivity index (χ3n) is 9.01. The Hall–Kier alpha value is -2.09. The zero-order valence-electron chi connectivity index (χ0n) is 25.5. The summed E-state index contributed by atoms with van der Waals surface area (Å²) in [6.07, 6.45) is 12.8. The Morgan fingerprint density at radius 2 is 1.58 bits per heavy atom. The van der Waals surface area contributed by atoms with Crippen molar-refractivity contribution in [3.8, 4) is 11.3 Å². The maximum Gasteiger partial charge on any atom is 0.303 e. The third-order valence-corrected chi connectivity index (χ3v) is 9.01. The Morgan fingerprint density at radius 1 is 0.884 bits per heavy atom. The van der Waals surface area contributed by atoms with Crippen molar-refractivity contribution in [3.63, 3.8) is 0 Å². The van der Waals surface area contributed by atoms with E-state index in [1.807, 2.05) is 6.92 Å². The van der Waals surface area contributed by atoms with Crippen LogP contribution in [0.5, 0.6) is 0 Å². The van der Waals surface area contributed by atoms with Gasteiger partial charge in [-0.1, -0.05) is 96.5 Å². The van der Waals surface area contributed by atoms with Crippen LogP contribution in [0.4, 0.5) is 26.3 Å². The van der Waals surface area contributed by atoms with E-state index in [2.05, 4.69) is 4.98 Å². The van der Waals surface area contributed by atoms with Gasteiger partial charge in [-0.05, 0) is 61.3 Å². The summed E-state index contributed by atoms with van der Waals surface area (Å²) in [6, 6.07) is 4.02. The first-order chi connectivity index (χ1) is 20.7. The molecule has 2 aromatic rings. The van der Waals surface area contributed by atoms with Crippen molar-refractivity contribution in [1.29, 1.82) is 0 Å². The van der Waals surface area contributed by atoms with Gasteiger partial charge in [0.1, 0.15) is 12.3 Å². The second-order valence-electron chi connectivity index (χ2n) is 12.6. The molecule has 2 atom stereocenters. The summed E-state index contributed by atoms with van der Waals surface area (Å²) in [5.74, 6) is -6.36. The van der Waals surface area contributed by atoms with E-state index in [0.717, 1.165) is 50.9 Å². The predicted molar refractivity (Wildman–Crippen MR) is 159 cm³/mol. The van der Waals surface area contributed by atoms with Gasteiger partial charge in [0.05, 0.1) is 17.9 Å². The van der Waals surface area contributed by atoms with Crippen LogP contribution in [-0.4, -0.2) is 23.9 Å². The van der Waals surface area contributed by atoms with Gasteiger partial charge < -0.3 is 4.74 Å². The molecule has 0 radical (unpaired) electrons. The number of unbranched alkanes of at least 4 members (excludes halogenated alkanes) is 9. The fourth-order valence-corrected chi connectivity index (χ4v) is 6.18. The zero-order chi connectivity index (χ0) is 30.8. The second-order valence-corrected chi connectivity index (χ2v) is 12.6. The third kappa shape index (κ3) is 9.45. The van der Waals surface area contributed by atoms with Gasteiger partial charge in [0.2, 0.25) is 5.95 Å². The number of rotatable bonds is 19. The van der Waals surface area contributed by atoms with Crippen LogP contribution in [-0.2, 0) is 23.5 Å². The summed E-state index contributed by atoms with van der Waals surface area (Å²) in [5, 5.41) is 0. The molecular formula is C35H47F6NO. The molecule has 1 fully saturated rings. The molecule has 1 aromatic carbocycles. The Labute approximate surface area is 253 Å². The van der Waals surface area contributed by atoms with Crippen LogP contribution in [0, 0.1) is 23.5 Å². The zero-order valence-corrected chi connectivity index (χ0v) is 25.5. The topological polar surface area (TPSA) is 22.1 Å². The number of nitrogens with zero attached hydrogens (tertiary/aromatic N) is 1. The summed E-state index contributed by atoms with van der Waals surface area (Å²) in [7, 11) is 0. The smallest absolute Gasteiger partial charge is 0.303 e. The predicted octanol–water partition coefficient (Wildman–Crippen LogP) is 11.0. The molecule has 1 saturated carbocycles. The average molecular weight is 612 g/mol. The largest absolute Gasteiger partial charge is 0.369 e. The van der Waals surface area contributed by atoms with E-state index in [0.29, 0.717) is 12.8 Å². The van der Waals surface area contributed by atoms with Gasteiger partial charge in [-0.25, -0.2) is 18.2 Å². The second kappa shape index (κ2) is 16.3. The number of hydrogen-bond donors (Lipinski definition) is 0. The van der Waals surface area contributed by atoms with Crippen LogP contribution in [0.2, 0.25) is 0 Å². The fourth-order valence-electron chi connectivity index (χ4n) is 6.18. The highest BCUT2D eigenvalue weighted by Gasteiger charge is 2.49. The minimum atomic E-state index is -3.73. The van der Waals surface area contributed by atoms with E-state index in [9.17, 15) is 8.78 Å². The van der Waals surface area contributed by atoms with Gasteiger partial charge >= 0.3 is 5.92 Å². The minimum absolute atomic E-state index is 0.0260. The van der Waals surface area contributed by atoms with E-state index in [1.165, 1.54) is 56.7 Å². The molecule has 2 aliphatic carbocycles. The molecule has 0 aliphatic heterocycles. The molecule has 4 rings (SSSR count). The first kappa shape index (κ1) is 33.8. The normalized spacial score (nSPS) is 18.5. The first-order valence-electron chi connectivity index (χ1n) is 16.5. The molecule has 8 heteroatoms. The number of hydrogen-bond acceptors (Lipinski definition) is 2. The maximum atomic E-state index is 15.3. The van der Waals surface area contributed by atoms with Crippen molar-refractivity contribution in [2.24, 2.45) is 5.92 Å². The van der Waals surface area contributed by atoms with Crippen molar-refractivity contribution in [2.45, 2.75) is 141 Å². The molecule has 240 valence electrons. The molecule has 1 heterocycles. The summed E-state index contributed by atoms with van der Waals surface area (Å²) >= 11 is 0. The lowest BCUT2D eigenvalue weighted by Gasteiger charge is -2.33. The number of pyridine rings is 1. The molecule has 1 aromatic heterocycles. The number of ether oxygens (including phenoxy) is 1. The van der Waals surface area contributed by atoms with Gasteiger partial charge in [-0.2, -0.15) is 13.2 Å². The lowest BCUT2D eigenvalue weighted by Crippen LogP contribution is -2.40. The number of benzene rings is 1. The Kier molecular flexibility index (Phi) is 12.8. The minimum Gasteiger partial charge on any atom is -0.369 e. The van der Waals surface area contributed by atoms with Gasteiger partial charge in [0.15, 0.2) is 11.6 Å². The van der Waals surface area contributed by atoms with Crippen LogP contribution in [0.25, 0.3) is 11.3 Å². The molecule has 2 aliphatic rings. The van der Waals surface area contributed by atoms with Crippen molar-refractivity contribution in [2.75, 3.05) is 6.61 Å². The number of aromatic nitrogens is 1. The van der Waals surface area contributed by atoms with Gasteiger partial charge in [-0.15, -0.1) is 0 Å².